The van der Waals surface area contributed by atoms with Gasteiger partial charge in [0, 0.05) is 10.9 Å². The SMILES string of the molecule is COc1ccc(C(N)c2ccccc2F)c2ccccc12. The van der Waals surface area contributed by atoms with Crippen LogP contribution in [-0.4, -0.2) is 7.11 Å². The standard InChI is InChI=1S/C18H16FNO/c1-21-17-11-10-14(12-6-2-3-7-13(12)17)18(20)15-8-4-5-9-16(15)19/h2-11,18H,20H2,1H3. The van der Waals surface area contributed by atoms with E-state index in [2.05, 4.69) is 0 Å². The molecule has 0 amide bonds. The Kier molecular flexibility index (Phi) is 3.59. The van der Waals surface area contributed by atoms with Crippen LogP contribution in [-0.2, 0) is 0 Å². The highest BCUT2D eigenvalue weighted by atomic mass is 19.1. The lowest BCUT2D eigenvalue weighted by molar-refractivity contribution is 0.419. The number of methoxy groups -OCH3 is 1. The molecule has 0 aliphatic carbocycles. The summed E-state index contributed by atoms with van der Waals surface area (Å²) in [6.07, 6.45) is 0. The highest BCUT2D eigenvalue weighted by Gasteiger charge is 2.16. The van der Waals surface area contributed by atoms with Gasteiger partial charge in [-0.2, -0.15) is 0 Å². The first-order chi connectivity index (χ1) is 10.2. The Balaban J connectivity index is 2.19. The lowest BCUT2D eigenvalue weighted by Gasteiger charge is -2.17. The van der Waals surface area contributed by atoms with E-state index in [1.807, 2.05) is 36.4 Å². The smallest absolute Gasteiger partial charge is 0.128 e. The molecule has 0 heterocycles. The van der Waals surface area contributed by atoms with Gasteiger partial charge >= 0.3 is 0 Å². The van der Waals surface area contributed by atoms with E-state index in [-0.39, 0.29) is 5.82 Å². The van der Waals surface area contributed by atoms with Gasteiger partial charge in [-0.25, -0.2) is 4.39 Å². The van der Waals surface area contributed by atoms with Gasteiger partial charge in [-0.3, -0.25) is 0 Å². The summed E-state index contributed by atoms with van der Waals surface area (Å²) in [6, 6.07) is 17.7. The summed E-state index contributed by atoms with van der Waals surface area (Å²) < 4.78 is 19.3. The molecule has 3 heteroatoms. The molecule has 0 radical (unpaired) electrons. The van der Waals surface area contributed by atoms with Crippen LogP contribution in [0.4, 0.5) is 4.39 Å². The molecule has 21 heavy (non-hydrogen) atoms. The third-order valence-corrected chi connectivity index (χ3v) is 3.71. The minimum atomic E-state index is -0.512. The quantitative estimate of drug-likeness (QED) is 0.786. The molecule has 0 aromatic heterocycles. The third-order valence-electron chi connectivity index (χ3n) is 3.71. The Hall–Kier alpha value is -2.39. The molecule has 3 rings (SSSR count). The van der Waals surface area contributed by atoms with Crippen molar-refractivity contribution in [1.29, 1.82) is 0 Å². The van der Waals surface area contributed by atoms with E-state index in [9.17, 15) is 4.39 Å². The van der Waals surface area contributed by atoms with E-state index in [0.717, 1.165) is 22.1 Å². The first-order valence-electron chi connectivity index (χ1n) is 6.78. The molecule has 0 bridgehead atoms. The monoisotopic (exact) mass is 281 g/mol. The minimum Gasteiger partial charge on any atom is -0.496 e. The van der Waals surface area contributed by atoms with Crippen LogP contribution in [0.1, 0.15) is 17.2 Å². The summed E-state index contributed by atoms with van der Waals surface area (Å²) in [4.78, 5) is 0. The Morgan fingerprint density at radius 2 is 1.52 bits per heavy atom. The van der Waals surface area contributed by atoms with E-state index in [1.165, 1.54) is 6.07 Å². The molecule has 3 aromatic carbocycles. The van der Waals surface area contributed by atoms with Crippen molar-refractivity contribution in [2.45, 2.75) is 6.04 Å². The fourth-order valence-corrected chi connectivity index (χ4v) is 2.64. The van der Waals surface area contributed by atoms with E-state index in [1.54, 1.807) is 25.3 Å². The zero-order chi connectivity index (χ0) is 14.8. The molecule has 0 spiro atoms. The molecular formula is C18H16FNO. The maximum atomic E-state index is 14.0. The average Bonchev–Trinajstić information content (AvgIpc) is 2.53. The van der Waals surface area contributed by atoms with Crippen molar-refractivity contribution in [2.75, 3.05) is 7.11 Å². The summed E-state index contributed by atoms with van der Waals surface area (Å²) in [5.41, 5.74) is 7.67. The first kappa shape index (κ1) is 13.6. The average molecular weight is 281 g/mol. The zero-order valence-corrected chi connectivity index (χ0v) is 11.7. The second kappa shape index (κ2) is 5.54. The van der Waals surface area contributed by atoms with E-state index >= 15 is 0 Å². The van der Waals surface area contributed by atoms with Crippen molar-refractivity contribution in [3.05, 3.63) is 77.6 Å². The summed E-state index contributed by atoms with van der Waals surface area (Å²) in [5.74, 6) is 0.500. The van der Waals surface area contributed by atoms with E-state index in [0.29, 0.717) is 5.56 Å². The number of nitrogens with two attached hydrogens (primary N) is 1. The Morgan fingerprint density at radius 1 is 0.857 bits per heavy atom. The molecule has 0 fully saturated rings. The van der Waals surface area contributed by atoms with Crippen LogP contribution in [0.5, 0.6) is 5.75 Å². The molecule has 3 aromatic rings. The van der Waals surface area contributed by atoms with Crippen molar-refractivity contribution < 1.29 is 9.13 Å². The molecule has 106 valence electrons. The van der Waals surface area contributed by atoms with Gasteiger partial charge in [-0.05, 0) is 23.1 Å². The molecular weight excluding hydrogens is 265 g/mol. The van der Waals surface area contributed by atoms with Crippen LogP contribution in [0.2, 0.25) is 0 Å². The zero-order valence-electron chi connectivity index (χ0n) is 11.7. The summed E-state index contributed by atoms with van der Waals surface area (Å²) >= 11 is 0. The lowest BCUT2D eigenvalue weighted by atomic mass is 9.93. The van der Waals surface area contributed by atoms with Crippen LogP contribution in [0.15, 0.2) is 60.7 Å². The number of hydrogen-bond donors (Lipinski definition) is 1. The summed E-state index contributed by atoms with van der Waals surface area (Å²) in [6.45, 7) is 0. The number of fused-ring (bicyclic) bond motifs is 1. The first-order valence-corrected chi connectivity index (χ1v) is 6.78. The van der Waals surface area contributed by atoms with Crippen molar-refractivity contribution in [1.82, 2.24) is 0 Å². The molecule has 0 saturated heterocycles. The molecule has 0 aliphatic rings. The molecule has 2 N–H and O–H groups in total. The van der Waals surface area contributed by atoms with Crippen molar-refractivity contribution in [3.8, 4) is 5.75 Å². The normalized spacial score (nSPS) is 12.3. The molecule has 0 saturated carbocycles. The fourth-order valence-electron chi connectivity index (χ4n) is 2.64. The van der Waals surface area contributed by atoms with Gasteiger partial charge in [0.15, 0.2) is 0 Å². The van der Waals surface area contributed by atoms with Crippen LogP contribution in [0, 0.1) is 5.82 Å². The predicted molar refractivity (Wildman–Crippen MR) is 82.9 cm³/mol. The lowest BCUT2D eigenvalue weighted by Crippen LogP contribution is -2.14. The van der Waals surface area contributed by atoms with Gasteiger partial charge in [0.1, 0.15) is 11.6 Å². The topological polar surface area (TPSA) is 35.2 Å². The number of halogens is 1. The molecule has 0 aliphatic heterocycles. The Labute approximate surface area is 123 Å². The van der Waals surface area contributed by atoms with Crippen molar-refractivity contribution in [2.24, 2.45) is 5.73 Å². The van der Waals surface area contributed by atoms with Gasteiger partial charge in [-0.1, -0.05) is 48.5 Å². The Morgan fingerprint density at radius 3 is 2.24 bits per heavy atom. The van der Waals surface area contributed by atoms with Crippen LogP contribution in [0.25, 0.3) is 10.8 Å². The van der Waals surface area contributed by atoms with Gasteiger partial charge in [0.2, 0.25) is 0 Å². The highest BCUT2D eigenvalue weighted by molar-refractivity contribution is 5.91. The number of benzene rings is 3. The third kappa shape index (κ3) is 2.36. The van der Waals surface area contributed by atoms with Gasteiger partial charge in [-0.15, -0.1) is 0 Å². The van der Waals surface area contributed by atoms with Gasteiger partial charge in [0.05, 0.1) is 13.2 Å². The Bertz CT molecular complexity index is 785. The van der Waals surface area contributed by atoms with Gasteiger partial charge in [0.25, 0.3) is 0 Å². The van der Waals surface area contributed by atoms with Gasteiger partial charge < -0.3 is 10.5 Å². The molecule has 1 atom stereocenters. The summed E-state index contributed by atoms with van der Waals surface area (Å²) in [5, 5.41) is 1.96. The minimum absolute atomic E-state index is 0.287. The van der Waals surface area contributed by atoms with Crippen LogP contribution < -0.4 is 10.5 Å². The number of rotatable bonds is 3. The van der Waals surface area contributed by atoms with E-state index < -0.39 is 6.04 Å². The van der Waals surface area contributed by atoms with Crippen LogP contribution >= 0.6 is 0 Å². The number of ether oxygens (including phenoxy) is 1. The van der Waals surface area contributed by atoms with Crippen molar-refractivity contribution in [3.63, 3.8) is 0 Å². The molecule has 1 unspecified atom stereocenters. The largest absolute Gasteiger partial charge is 0.496 e. The molecule has 2 nitrogen and oxygen atoms in total. The second-order valence-corrected chi connectivity index (χ2v) is 4.90. The maximum absolute atomic E-state index is 14.0. The maximum Gasteiger partial charge on any atom is 0.128 e. The fraction of sp³-hybridized carbons (Fsp3) is 0.111. The summed E-state index contributed by atoms with van der Waals surface area (Å²) in [7, 11) is 1.64. The highest BCUT2D eigenvalue weighted by Crippen LogP contribution is 2.33. The number of hydrogen-bond acceptors (Lipinski definition) is 2. The van der Waals surface area contributed by atoms with Crippen molar-refractivity contribution >= 4 is 10.8 Å². The van der Waals surface area contributed by atoms with Crippen LogP contribution in [0.3, 0.4) is 0 Å². The predicted octanol–water partition coefficient (Wildman–Crippen LogP) is 4.04. The van der Waals surface area contributed by atoms with E-state index in [4.69, 9.17) is 10.5 Å². The second-order valence-electron chi connectivity index (χ2n) is 4.90.